The first-order chi connectivity index (χ1) is 8.32. The highest BCUT2D eigenvalue weighted by molar-refractivity contribution is 7.89. The largest absolute Gasteiger partial charge is 0.396 e. The molecule has 0 unspecified atom stereocenters. The zero-order chi connectivity index (χ0) is 13.5. The Morgan fingerprint density at radius 3 is 2.44 bits per heavy atom. The van der Waals surface area contributed by atoms with Gasteiger partial charge in [0.05, 0.1) is 23.4 Å². The van der Waals surface area contributed by atoms with Crippen molar-refractivity contribution in [3.05, 3.63) is 35.9 Å². The summed E-state index contributed by atoms with van der Waals surface area (Å²) in [6, 6.07) is 4.70. The Morgan fingerprint density at radius 1 is 1.28 bits per heavy atom. The van der Waals surface area contributed by atoms with E-state index in [4.69, 9.17) is 10.9 Å². The first-order valence-electron chi connectivity index (χ1n) is 5.24. The zero-order valence-electron chi connectivity index (χ0n) is 10.1. The van der Waals surface area contributed by atoms with Crippen LogP contribution in [-0.2, 0) is 10.0 Å². The molecule has 4 N–H and O–H groups in total. The highest BCUT2D eigenvalue weighted by Crippen LogP contribution is 2.26. The third-order valence-corrected chi connectivity index (χ3v) is 3.83. The van der Waals surface area contributed by atoms with E-state index in [2.05, 4.69) is 4.98 Å². The summed E-state index contributed by atoms with van der Waals surface area (Å²) in [7, 11) is -3.83. The molecule has 96 valence electrons. The Balaban J connectivity index is 2.71. The summed E-state index contributed by atoms with van der Waals surface area (Å²) in [5.41, 5.74) is 8.31. The molecular formula is C11H14N4O2S. The van der Waals surface area contributed by atoms with Crippen molar-refractivity contribution in [2.24, 2.45) is 5.14 Å². The molecule has 2 aromatic rings. The molecule has 0 fully saturated rings. The van der Waals surface area contributed by atoms with Gasteiger partial charge in [-0.05, 0) is 26.0 Å². The molecule has 1 heterocycles. The van der Waals surface area contributed by atoms with E-state index < -0.39 is 10.0 Å². The number of sulfonamides is 1. The van der Waals surface area contributed by atoms with Crippen molar-refractivity contribution in [2.45, 2.75) is 18.7 Å². The second-order valence-corrected chi connectivity index (χ2v) is 5.55. The SMILES string of the molecule is Cc1ncn(-c2cccc(S(N)(=O)=O)c2N)c1C. The van der Waals surface area contributed by atoms with E-state index in [-0.39, 0.29) is 10.6 Å². The van der Waals surface area contributed by atoms with Crippen LogP contribution in [0.15, 0.2) is 29.4 Å². The number of hydrogen-bond donors (Lipinski definition) is 2. The fraction of sp³-hybridized carbons (Fsp3) is 0.182. The predicted octanol–water partition coefficient (Wildman–Crippen LogP) is 0.719. The van der Waals surface area contributed by atoms with Gasteiger partial charge in [0, 0.05) is 5.69 Å². The molecule has 0 amide bonds. The molecule has 0 aliphatic rings. The van der Waals surface area contributed by atoms with Crippen molar-refractivity contribution < 1.29 is 8.42 Å². The average Bonchev–Trinajstić information content (AvgIpc) is 2.59. The number of benzene rings is 1. The molecule has 7 heteroatoms. The number of primary sulfonamides is 1. The summed E-state index contributed by atoms with van der Waals surface area (Å²) in [6.07, 6.45) is 1.60. The van der Waals surface area contributed by atoms with Gasteiger partial charge in [0.1, 0.15) is 4.90 Å². The fourth-order valence-electron chi connectivity index (χ4n) is 1.73. The molecular weight excluding hydrogens is 252 g/mol. The number of nitrogens with zero attached hydrogens (tertiary/aromatic N) is 2. The van der Waals surface area contributed by atoms with E-state index >= 15 is 0 Å². The summed E-state index contributed by atoms with van der Waals surface area (Å²) in [4.78, 5) is 4.07. The summed E-state index contributed by atoms with van der Waals surface area (Å²) < 4.78 is 24.5. The minimum Gasteiger partial charge on any atom is -0.396 e. The van der Waals surface area contributed by atoms with Gasteiger partial charge >= 0.3 is 0 Å². The van der Waals surface area contributed by atoms with Crippen molar-refractivity contribution in [2.75, 3.05) is 5.73 Å². The van der Waals surface area contributed by atoms with Crippen molar-refractivity contribution in [3.8, 4) is 5.69 Å². The summed E-state index contributed by atoms with van der Waals surface area (Å²) in [5.74, 6) is 0. The molecule has 0 radical (unpaired) electrons. The topological polar surface area (TPSA) is 104 Å². The fourth-order valence-corrected chi connectivity index (χ4v) is 2.41. The van der Waals surface area contributed by atoms with Crippen molar-refractivity contribution in [1.29, 1.82) is 0 Å². The summed E-state index contributed by atoms with van der Waals surface area (Å²) in [5, 5.41) is 5.12. The molecule has 2 rings (SSSR count). The number of hydrogen-bond acceptors (Lipinski definition) is 4. The van der Waals surface area contributed by atoms with Crippen LogP contribution < -0.4 is 10.9 Å². The van der Waals surface area contributed by atoms with E-state index in [0.717, 1.165) is 11.4 Å². The molecule has 0 aliphatic heterocycles. The quantitative estimate of drug-likeness (QED) is 0.781. The first kappa shape index (κ1) is 12.6. The second-order valence-electron chi connectivity index (χ2n) is 4.02. The van der Waals surface area contributed by atoms with Crippen LogP contribution in [0, 0.1) is 13.8 Å². The van der Waals surface area contributed by atoms with Gasteiger partial charge in [0.25, 0.3) is 0 Å². The highest BCUT2D eigenvalue weighted by Gasteiger charge is 2.16. The highest BCUT2D eigenvalue weighted by atomic mass is 32.2. The molecule has 1 aromatic heterocycles. The molecule has 1 aromatic carbocycles. The van der Waals surface area contributed by atoms with Gasteiger partial charge in [0.2, 0.25) is 10.0 Å². The Kier molecular flexibility index (Phi) is 2.88. The average molecular weight is 266 g/mol. The van der Waals surface area contributed by atoms with Gasteiger partial charge in [-0.1, -0.05) is 6.07 Å². The lowest BCUT2D eigenvalue weighted by molar-refractivity contribution is 0.598. The maximum absolute atomic E-state index is 11.4. The zero-order valence-corrected chi connectivity index (χ0v) is 10.9. The van der Waals surface area contributed by atoms with E-state index in [1.54, 1.807) is 23.0 Å². The first-order valence-corrected chi connectivity index (χ1v) is 6.79. The Hall–Kier alpha value is -1.86. The maximum Gasteiger partial charge on any atom is 0.240 e. The second kappa shape index (κ2) is 4.11. The van der Waals surface area contributed by atoms with Crippen LogP contribution in [0.3, 0.4) is 0 Å². The lowest BCUT2D eigenvalue weighted by Gasteiger charge is -2.11. The third-order valence-electron chi connectivity index (χ3n) is 2.86. The van der Waals surface area contributed by atoms with Gasteiger partial charge in [-0.25, -0.2) is 18.5 Å². The molecule has 0 aliphatic carbocycles. The normalized spacial score (nSPS) is 11.7. The number of nitrogens with two attached hydrogens (primary N) is 2. The molecule has 0 saturated heterocycles. The van der Waals surface area contributed by atoms with Crippen LogP contribution in [-0.4, -0.2) is 18.0 Å². The molecule has 0 spiro atoms. The monoisotopic (exact) mass is 266 g/mol. The molecule has 18 heavy (non-hydrogen) atoms. The van der Waals surface area contributed by atoms with Crippen molar-refractivity contribution in [1.82, 2.24) is 9.55 Å². The minimum absolute atomic E-state index is 0.0780. The van der Waals surface area contributed by atoms with Gasteiger partial charge in [0.15, 0.2) is 0 Å². The lowest BCUT2D eigenvalue weighted by atomic mass is 10.2. The van der Waals surface area contributed by atoms with Crippen molar-refractivity contribution >= 4 is 15.7 Å². The standard InChI is InChI=1S/C11H14N4O2S/c1-7-8(2)15(6-14-7)9-4-3-5-10(11(9)12)18(13,16)17/h3-6H,12H2,1-2H3,(H2,13,16,17). The minimum atomic E-state index is -3.83. The summed E-state index contributed by atoms with van der Waals surface area (Å²) >= 11 is 0. The van der Waals surface area contributed by atoms with Crippen LogP contribution in [0.5, 0.6) is 0 Å². The maximum atomic E-state index is 11.4. The van der Waals surface area contributed by atoms with Gasteiger partial charge in [-0.15, -0.1) is 0 Å². The molecule has 0 bridgehead atoms. The molecule has 0 saturated carbocycles. The van der Waals surface area contributed by atoms with Gasteiger partial charge in [-0.2, -0.15) is 0 Å². The van der Waals surface area contributed by atoms with E-state index in [1.807, 2.05) is 13.8 Å². The number of nitrogen functional groups attached to an aromatic ring is 1. The Morgan fingerprint density at radius 2 is 1.94 bits per heavy atom. The van der Waals surface area contributed by atoms with Gasteiger partial charge < -0.3 is 10.3 Å². The number of anilines is 1. The van der Waals surface area contributed by atoms with E-state index in [9.17, 15) is 8.42 Å². The lowest BCUT2D eigenvalue weighted by Crippen LogP contribution is -2.15. The van der Waals surface area contributed by atoms with Crippen LogP contribution in [0.25, 0.3) is 5.69 Å². The number of para-hydroxylation sites is 1. The van der Waals surface area contributed by atoms with Crippen LogP contribution in [0.1, 0.15) is 11.4 Å². The van der Waals surface area contributed by atoms with E-state index in [0.29, 0.717) is 5.69 Å². The predicted molar refractivity (Wildman–Crippen MR) is 68.8 cm³/mol. The molecule has 0 atom stereocenters. The number of rotatable bonds is 2. The third kappa shape index (κ3) is 1.98. The van der Waals surface area contributed by atoms with Crippen LogP contribution in [0.4, 0.5) is 5.69 Å². The van der Waals surface area contributed by atoms with Crippen LogP contribution >= 0.6 is 0 Å². The van der Waals surface area contributed by atoms with Crippen LogP contribution in [0.2, 0.25) is 0 Å². The Labute approximate surface area is 105 Å². The summed E-state index contributed by atoms with van der Waals surface area (Å²) in [6.45, 7) is 3.75. The molecule has 6 nitrogen and oxygen atoms in total. The van der Waals surface area contributed by atoms with E-state index in [1.165, 1.54) is 6.07 Å². The van der Waals surface area contributed by atoms with Gasteiger partial charge in [-0.3, -0.25) is 0 Å². The number of aryl methyl sites for hydroxylation is 1. The smallest absolute Gasteiger partial charge is 0.240 e. The Bertz CT molecular complexity index is 704. The number of imidazole rings is 1. The van der Waals surface area contributed by atoms with Crippen molar-refractivity contribution in [3.63, 3.8) is 0 Å². The number of aromatic nitrogens is 2.